The first-order valence-electron chi connectivity index (χ1n) is 5.44. The summed E-state index contributed by atoms with van der Waals surface area (Å²) in [4.78, 5) is 0. The van der Waals surface area contributed by atoms with E-state index >= 15 is 0 Å². The molecule has 0 amide bonds. The number of rotatable bonds is 3. The maximum Gasteiger partial charge on any atom is 0.146 e. The van der Waals surface area contributed by atoms with Gasteiger partial charge in [0.2, 0.25) is 0 Å². The second kappa shape index (κ2) is 5.72. The standard InChI is InChI=1S/C14H10BrFN2O/c1-19-10-3-4-12(16)14(7-10)18-13-5-2-9(8-17)6-11(13)15/h2-7,18H,1H3. The van der Waals surface area contributed by atoms with Gasteiger partial charge in [0, 0.05) is 10.5 Å². The fraction of sp³-hybridized carbons (Fsp3) is 0.0714. The number of nitrogens with one attached hydrogen (secondary N) is 1. The van der Waals surface area contributed by atoms with E-state index < -0.39 is 0 Å². The average Bonchev–Trinajstić information content (AvgIpc) is 2.43. The summed E-state index contributed by atoms with van der Waals surface area (Å²) in [7, 11) is 1.52. The topological polar surface area (TPSA) is 45.0 Å². The van der Waals surface area contributed by atoms with Crippen LogP contribution in [0.4, 0.5) is 15.8 Å². The fourth-order valence-corrected chi connectivity index (χ4v) is 2.04. The lowest BCUT2D eigenvalue weighted by atomic mass is 10.2. The van der Waals surface area contributed by atoms with Crippen molar-refractivity contribution < 1.29 is 9.13 Å². The highest BCUT2D eigenvalue weighted by Crippen LogP contribution is 2.29. The second-order valence-electron chi connectivity index (χ2n) is 3.78. The molecule has 0 spiro atoms. The van der Waals surface area contributed by atoms with Crippen molar-refractivity contribution in [3.63, 3.8) is 0 Å². The van der Waals surface area contributed by atoms with Gasteiger partial charge >= 0.3 is 0 Å². The van der Waals surface area contributed by atoms with Crippen molar-refractivity contribution in [2.45, 2.75) is 0 Å². The molecule has 96 valence electrons. The number of methoxy groups -OCH3 is 1. The predicted octanol–water partition coefficient (Wildman–Crippen LogP) is 4.21. The monoisotopic (exact) mass is 320 g/mol. The van der Waals surface area contributed by atoms with Gasteiger partial charge < -0.3 is 10.1 Å². The minimum absolute atomic E-state index is 0.310. The lowest BCUT2D eigenvalue weighted by Crippen LogP contribution is -1.96. The van der Waals surface area contributed by atoms with E-state index in [4.69, 9.17) is 10.00 Å². The van der Waals surface area contributed by atoms with Gasteiger partial charge in [-0.2, -0.15) is 5.26 Å². The quantitative estimate of drug-likeness (QED) is 0.921. The van der Waals surface area contributed by atoms with E-state index in [2.05, 4.69) is 21.2 Å². The van der Waals surface area contributed by atoms with Crippen LogP contribution in [0.5, 0.6) is 5.75 Å². The highest BCUT2D eigenvalue weighted by atomic mass is 79.9. The van der Waals surface area contributed by atoms with Crippen LogP contribution in [0.3, 0.4) is 0 Å². The maximum atomic E-state index is 13.7. The van der Waals surface area contributed by atoms with Crippen LogP contribution in [-0.2, 0) is 0 Å². The van der Waals surface area contributed by atoms with E-state index in [0.717, 1.165) is 0 Å². The van der Waals surface area contributed by atoms with Gasteiger partial charge in [0.05, 0.1) is 30.1 Å². The van der Waals surface area contributed by atoms with Gasteiger partial charge in [-0.15, -0.1) is 0 Å². The van der Waals surface area contributed by atoms with Gasteiger partial charge in [0.25, 0.3) is 0 Å². The number of ether oxygens (including phenoxy) is 1. The highest BCUT2D eigenvalue weighted by molar-refractivity contribution is 9.10. The van der Waals surface area contributed by atoms with Gasteiger partial charge in [-0.05, 0) is 46.3 Å². The van der Waals surface area contributed by atoms with Crippen LogP contribution in [0.2, 0.25) is 0 Å². The first-order chi connectivity index (χ1) is 9.13. The highest BCUT2D eigenvalue weighted by Gasteiger charge is 2.07. The summed E-state index contributed by atoms with van der Waals surface area (Å²) in [5.74, 6) is 0.186. The smallest absolute Gasteiger partial charge is 0.146 e. The predicted molar refractivity (Wildman–Crippen MR) is 75.1 cm³/mol. The molecule has 0 aliphatic carbocycles. The molecule has 0 atom stereocenters. The van der Waals surface area contributed by atoms with Crippen LogP contribution in [-0.4, -0.2) is 7.11 Å². The summed E-state index contributed by atoms with van der Waals surface area (Å²) in [5.41, 5.74) is 1.51. The van der Waals surface area contributed by atoms with Crippen LogP contribution in [0, 0.1) is 17.1 Å². The van der Waals surface area contributed by atoms with Crippen molar-refractivity contribution in [2.75, 3.05) is 12.4 Å². The first kappa shape index (κ1) is 13.4. The SMILES string of the molecule is COc1ccc(F)c(Nc2ccc(C#N)cc2Br)c1. The van der Waals surface area contributed by atoms with Gasteiger partial charge in [-0.25, -0.2) is 4.39 Å². The number of hydrogen-bond acceptors (Lipinski definition) is 3. The van der Waals surface area contributed by atoms with Crippen molar-refractivity contribution in [3.8, 4) is 11.8 Å². The van der Waals surface area contributed by atoms with Gasteiger partial charge in [0.1, 0.15) is 11.6 Å². The van der Waals surface area contributed by atoms with Crippen LogP contribution < -0.4 is 10.1 Å². The maximum absolute atomic E-state index is 13.7. The Hall–Kier alpha value is -2.06. The van der Waals surface area contributed by atoms with Crippen molar-refractivity contribution in [1.29, 1.82) is 5.26 Å². The summed E-state index contributed by atoms with van der Waals surface area (Å²) in [6, 6.07) is 11.5. The molecule has 3 nitrogen and oxygen atoms in total. The normalized spacial score (nSPS) is 9.79. The van der Waals surface area contributed by atoms with Gasteiger partial charge in [0.15, 0.2) is 0 Å². The third-order valence-electron chi connectivity index (χ3n) is 2.54. The molecule has 0 heterocycles. The summed E-state index contributed by atoms with van der Waals surface area (Å²) >= 11 is 3.34. The molecule has 0 saturated heterocycles. The third-order valence-corrected chi connectivity index (χ3v) is 3.20. The zero-order valence-electron chi connectivity index (χ0n) is 10.1. The summed E-state index contributed by atoms with van der Waals surface area (Å²) in [6.45, 7) is 0. The molecular formula is C14H10BrFN2O. The number of benzene rings is 2. The Kier molecular flexibility index (Phi) is 4.03. The largest absolute Gasteiger partial charge is 0.497 e. The Morgan fingerprint density at radius 2 is 2.00 bits per heavy atom. The lowest BCUT2D eigenvalue weighted by Gasteiger charge is -2.11. The summed E-state index contributed by atoms with van der Waals surface area (Å²) in [6.07, 6.45) is 0. The van der Waals surface area contributed by atoms with Crippen molar-refractivity contribution in [1.82, 2.24) is 0 Å². The number of halogens is 2. The molecule has 2 aromatic rings. The van der Waals surface area contributed by atoms with Crippen LogP contribution >= 0.6 is 15.9 Å². The van der Waals surface area contributed by atoms with E-state index in [1.54, 1.807) is 30.3 Å². The Bertz CT molecular complexity index is 652. The molecule has 0 unspecified atom stereocenters. The van der Waals surface area contributed by atoms with E-state index in [0.29, 0.717) is 27.2 Å². The van der Waals surface area contributed by atoms with Crippen LogP contribution in [0.25, 0.3) is 0 Å². The van der Waals surface area contributed by atoms with E-state index in [-0.39, 0.29) is 5.82 Å². The zero-order chi connectivity index (χ0) is 13.8. The Balaban J connectivity index is 2.33. The van der Waals surface area contributed by atoms with Crippen molar-refractivity contribution in [2.24, 2.45) is 0 Å². The van der Waals surface area contributed by atoms with Gasteiger partial charge in [-0.1, -0.05) is 0 Å². The minimum atomic E-state index is -0.378. The minimum Gasteiger partial charge on any atom is -0.497 e. The van der Waals surface area contributed by atoms with Crippen molar-refractivity contribution in [3.05, 3.63) is 52.3 Å². The molecule has 0 aliphatic heterocycles. The zero-order valence-corrected chi connectivity index (χ0v) is 11.7. The second-order valence-corrected chi connectivity index (χ2v) is 4.63. The Labute approximate surface area is 118 Å². The number of nitrogens with zero attached hydrogens (tertiary/aromatic N) is 1. The molecule has 0 aromatic heterocycles. The van der Waals surface area contributed by atoms with E-state index in [1.165, 1.54) is 13.2 Å². The molecular weight excluding hydrogens is 311 g/mol. The Morgan fingerprint density at radius 3 is 2.63 bits per heavy atom. The van der Waals surface area contributed by atoms with Gasteiger partial charge in [-0.3, -0.25) is 0 Å². The molecule has 0 fully saturated rings. The van der Waals surface area contributed by atoms with Crippen LogP contribution in [0.1, 0.15) is 5.56 Å². The molecule has 0 bridgehead atoms. The fourth-order valence-electron chi connectivity index (χ4n) is 1.56. The number of hydrogen-bond donors (Lipinski definition) is 1. The Morgan fingerprint density at radius 1 is 1.21 bits per heavy atom. The third kappa shape index (κ3) is 3.04. The van der Waals surface area contributed by atoms with Crippen molar-refractivity contribution >= 4 is 27.3 Å². The molecule has 5 heteroatoms. The lowest BCUT2D eigenvalue weighted by molar-refractivity contribution is 0.414. The van der Waals surface area contributed by atoms with E-state index in [9.17, 15) is 4.39 Å². The van der Waals surface area contributed by atoms with Crippen LogP contribution in [0.15, 0.2) is 40.9 Å². The summed E-state index contributed by atoms with van der Waals surface area (Å²) < 4.78 is 19.4. The summed E-state index contributed by atoms with van der Waals surface area (Å²) in [5, 5.41) is 11.7. The molecule has 2 aromatic carbocycles. The molecule has 19 heavy (non-hydrogen) atoms. The molecule has 1 N–H and O–H groups in total. The number of nitriles is 1. The molecule has 0 radical (unpaired) electrons. The molecule has 0 aliphatic rings. The van der Waals surface area contributed by atoms with E-state index in [1.807, 2.05) is 6.07 Å². The molecule has 2 rings (SSSR count). The first-order valence-corrected chi connectivity index (χ1v) is 6.23. The average molecular weight is 321 g/mol. The molecule has 0 saturated carbocycles. The number of anilines is 2.